The molecule has 1 heterocycles. The quantitative estimate of drug-likeness (QED) is 0.285. The summed E-state index contributed by atoms with van der Waals surface area (Å²) in [7, 11) is 0. The van der Waals surface area contributed by atoms with Crippen molar-refractivity contribution in [2.45, 2.75) is 19.9 Å². The Balaban J connectivity index is 1.88. The molecule has 0 aliphatic carbocycles. The number of nitrogens with two attached hydrogens (primary N) is 1. The fourth-order valence-corrected chi connectivity index (χ4v) is 2.87. The van der Waals surface area contributed by atoms with Gasteiger partial charge >= 0.3 is 6.02 Å². The Hall–Kier alpha value is -3.03. The third kappa shape index (κ3) is 7.77. The van der Waals surface area contributed by atoms with E-state index < -0.39 is 0 Å². The summed E-state index contributed by atoms with van der Waals surface area (Å²) in [5.41, 5.74) is 7.95. The zero-order valence-corrected chi connectivity index (χ0v) is 18.0. The molecule has 0 spiro atoms. The second kappa shape index (κ2) is 11.8. The lowest BCUT2D eigenvalue weighted by Crippen LogP contribution is -2.49. The molecule has 0 amide bonds. The van der Waals surface area contributed by atoms with Crippen LogP contribution in [0.25, 0.3) is 0 Å². The summed E-state index contributed by atoms with van der Waals surface area (Å²) in [5.74, 6) is 0.439. The van der Waals surface area contributed by atoms with Crippen LogP contribution in [0.4, 0.5) is 0 Å². The molecule has 0 aromatic heterocycles. The average molecular weight is 427 g/mol. The number of nitrogens with one attached hydrogen (secondary N) is 1. The maximum absolute atomic E-state index is 7.82. The molecule has 30 heavy (non-hydrogen) atoms. The molecular formula is C22H27ClN6O. The van der Waals surface area contributed by atoms with E-state index in [0.717, 1.165) is 25.3 Å². The molecule has 7 nitrogen and oxygen atoms in total. The highest BCUT2D eigenvalue weighted by atomic mass is 35.5. The van der Waals surface area contributed by atoms with E-state index >= 15 is 0 Å². The van der Waals surface area contributed by atoms with Crippen LogP contribution >= 0.6 is 11.6 Å². The van der Waals surface area contributed by atoms with Crippen molar-refractivity contribution >= 4 is 35.8 Å². The Labute approximate surface area is 182 Å². The molecule has 1 saturated heterocycles. The largest absolute Gasteiger partial charge is 0.425 e. The van der Waals surface area contributed by atoms with Gasteiger partial charge in [-0.05, 0) is 32.0 Å². The predicted octanol–water partition coefficient (Wildman–Crippen LogP) is 3.87. The minimum Gasteiger partial charge on any atom is -0.425 e. The number of aliphatic imine (C=N–C) groups is 3. The molecule has 1 fully saturated rings. The summed E-state index contributed by atoms with van der Waals surface area (Å²) < 4.78 is 5.32. The fraction of sp³-hybridized carbons (Fsp3) is 0.273. The van der Waals surface area contributed by atoms with E-state index in [0.29, 0.717) is 28.1 Å². The van der Waals surface area contributed by atoms with Gasteiger partial charge in [0, 0.05) is 42.7 Å². The molecule has 0 bridgehead atoms. The van der Waals surface area contributed by atoms with Gasteiger partial charge in [0.15, 0.2) is 0 Å². The molecule has 0 radical (unpaired) electrons. The molecule has 1 aromatic carbocycles. The Kier molecular flexibility index (Phi) is 9.18. The van der Waals surface area contributed by atoms with Crippen LogP contribution in [0.5, 0.6) is 5.75 Å². The average Bonchev–Trinajstić information content (AvgIpc) is 2.67. The highest BCUT2D eigenvalue weighted by Crippen LogP contribution is 2.17. The predicted molar refractivity (Wildman–Crippen MR) is 126 cm³/mol. The Morgan fingerprint density at radius 3 is 2.83 bits per heavy atom. The van der Waals surface area contributed by atoms with Gasteiger partial charge in [-0.25, -0.2) is 10.4 Å². The third-order valence-electron chi connectivity index (χ3n) is 4.16. The Bertz CT molecular complexity index is 910. The van der Waals surface area contributed by atoms with E-state index in [2.05, 4.69) is 26.5 Å². The first-order valence-corrected chi connectivity index (χ1v) is 9.88. The van der Waals surface area contributed by atoms with Crippen LogP contribution in [0.15, 0.2) is 75.4 Å². The van der Waals surface area contributed by atoms with Crippen molar-refractivity contribution in [1.82, 2.24) is 4.90 Å². The van der Waals surface area contributed by atoms with Crippen LogP contribution in [0.1, 0.15) is 13.8 Å². The molecular weight excluding hydrogens is 400 g/mol. The van der Waals surface area contributed by atoms with E-state index in [1.165, 1.54) is 12.4 Å². The number of likely N-dealkylation sites (tertiary alicyclic amines) is 1. The van der Waals surface area contributed by atoms with Gasteiger partial charge in [-0.1, -0.05) is 29.8 Å². The SMILES string of the molecule is C=CCN1CC(N=C(C)C=NC=C(N)/C(C=NC(=N)Oc2cccc(Cl)c2)=C/C)C1. The number of halogens is 1. The molecule has 1 aromatic rings. The van der Waals surface area contributed by atoms with E-state index in [1.54, 1.807) is 36.6 Å². The first kappa shape index (κ1) is 23.3. The van der Waals surface area contributed by atoms with Crippen molar-refractivity contribution in [3.63, 3.8) is 0 Å². The topological polar surface area (TPSA) is 99.4 Å². The lowest BCUT2D eigenvalue weighted by Gasteiger charge is -2.36. The number of amidine groups is 1. The number of hydrogen-bond donors (Lipinski definition) is 2. The van der Waals surface area contributed by atoms with E-state index in [9.17, 15) is 0 Å². The van der Waals surface area contributed by atoms with Crippen molar-refractivity contribution in [2.24, 2.45) is 20.7 Å². The number of ether oxygens (including phenoxy) is 1. The van der Waals surface area contributed by atoms with Gasteiger partial charge in [0.1, 0.15) is 5.75 Å². The Morgan fingerprint density at radius 1 is 1.40 bits per heavy atom. The van der Waals surface area contributed by atoms with E-state index in [-0.39, 0.29) is 6.02 Å². The summed E-state index contributed by atoms with van der Waals surface area (Å²) in [6.45, 7) is 10.3. The second-order valence-corrected chi connectivity index (χ2v) is 7.10. The van der Waals surface area contributed by atoms with Crippen LogP contribution in [0.2, 0.25) is 5.02 Å². The van der Waals surface area contributed by atoms with E-state index in [4.69, 9.17) is 27.5 Å². The van der Waals surface area contributed by atoms with Crippen molar-refractivity contribution in [3.05, 3.63) is 65.5 Å². The van der Waals surface area contributed by atoms with Crippen LogP contribution in [-0.2, 0) is 0 Å². The van der Waals surface area contributed by atoms with Crippen molar-refractivity contribution in [3.8, 4) is 5.75 Å². The lowest BCUT2D eigenvalue weighted by molar-refractivity contribution is 0.171. The molecule has 2 rings (SSSR count). The summed E-state index contributed by atoms with van der Waals surface area (Å²) in [5, 5.41) is 8.35. The normalized spacial score (nSPS) is 16.8. The molecule has 0 atom stereocenters. The van der Waals surface area contributed by atoms with Crippen LogP contribution < -0.4 is 10.5 Å². The van der Waals surface area contributed by atoms with Crippen LogP contribution in [0.3, 0.4) is 0 Å². The highest BCUT2D eigenvalue weighted by Gasteiger charge is 2.24. The molecule has 0 saturated carbocycles. The zero-order chi connectivity index (χ0) is 21.9. The highest BCUT2D eigenvalue weighted by molar-refractivity contribution is 6.30. The van der Waals surface area contributed by atoms with E-state index in [1.807, 2.05) is 19.9 Å². The fourth-order valence-electron chi connectivity index (χ4n) is 2.69. The smallest absolute Gasteiger partial charge is 0.314 e. The molecule has 1 aliphatic heterocycles. The molecule has 1 aliphatic rings. The summed E-state index contributed by atoms with van der Waals surface area (Å²) in [6.07, 6.45) is 8.35. The molecule has 0 unspecified atom stereocenters. The standard InChI is InChI=1S/C22H27ClN6O/c1-4-9-29-14-19(15-29)28-16(3)11-26-13-21(24)17(5-2)12-27-22(25)30-20-8-6-7-18(23)10-20/h4-8,10-13,19,25H,1,9,14-15,24H2,2-3H3/b17-5+,21-13?,25-22?,26-11?,27-12?,28-16?. The van der Waals surface area contributed by atoms with Crippen molar-refractivity contribution in [2.75, 3.05) is 19.6 Å². The molecule has 8 heteroatoms. The first-order chi connectivity index (χ1) is 14.4. The monoisotopic (exact) mass is 426 g/mol. The zero-order valence-electron chi connectivity index (χ0n) is 17.3. The van der Waals surface area contributed by atoms with Gasteiger partial charge in [0.2, 0.25) is 0 Å². The number of hydrogen-bond acceptors (Lipinski definition) is 6. The number of nitrogens with zero attached hydrogens (tertiary/aromatic N) is 4. The van der Waals surface area contributed by atoms with Gasteiger partial charge < -0.3 is 10.5 Å². The second-order valence-electron chi connectivity index (χ2n) is 6.66. The van der Waals surface area contributed by atoms with Crippen LogP contribution in [-0.4, -0.2) is 54.7 Å². The minimum atomic E-state index is -0.276. The summed E-state index contributed by atoms with van der Waals surface area (Å²) >= 11 is 5.90. The molecule has 3 N–H and O–H groups in total. The van der Waals surface area contributed by atoms with Crippen molar-refractivity contribution in [1.29, 1.82) is 5.41 Å². The minimum absolute atomic E-state index is 0.276. The maximum Gasteiger partial charge on any atom is 0.314 e. The van der Waals surface area contributed by atoms with Gasteiger partial charge in [0.25, 0.3) is 0 Å². The lowest BCUT2D eigenvalue weighted by atomic mass is 10.1. The molecule has 158 valence electrons. The first-order valence-electron chi connectivity index (χ1n) is 9.50. The number of allylic oxidation sites excluding steroid dienone is 2. The number of rotatable bonds is 8. The van der Waals surface area contributed by atoms with Gasteiger partial charge in [-0.3, -0.25) is 14.9 Å². The van der Waals surface area contributed by atoms with Gasteiger partial charge in [-0.15, -0.1) is 6.58 Å². The van der Waals surface area contributed by atoms with Gasteiger partial charge in [-0.2, -0.15) is 0 Å². The van der Waals surface area contributed by atoms with Crippen LogP contribution in [0, 0.1) is 5.41 Å². The third-order valence-corrected chi connectivity index (χ3v) is 4.40. The maximum atomic E-state index is 7.82. The van der Waals surface area contributed by atoms with Crippen molar-refractivity contribution < 1.29 is 4.74 Å². The Morgan fingerprint density at radius 2 is 2.17 bits per heavy atom. The van der Waals surface area contributed by atoms with Gasteiger partial charge in [0.05, 0.1) is 23.7 Å². The summed E-state index contributed by atoms with van der Waals surface area (Å²) in [6, 6.07) is 6.79. The number of benzene rings is 1. The summed E-state index contributed by atoms with van der Waals surface area (Å²) in [4.78, 5) is 15.1.